The summed E-state index contributed by atoms with van der Waals surface area (Å²) in [5, 5.41) is 14.1. The van der Waals surface area contributed by atoms with Gasteiger partial charge in [-0.3, -0.25) is 4.68 Å². The van der Waals surface area contributed by atoms with E-state index in [0.29, 0.717) is 17.9 Å². The molecule has 1 aromatic heterocycles. The van der Waals surface area contributed by atoms with Gasteiger partial charge in [0.2, 0.25) is 0 Å². The summed E-state index contributed by atoms with van der Waals surface area (Å²) in [6.45, 7) is 4.49. The molecule has 1 aromatic carbocycles. The van der Waals surface area contributed by atoms with E-state index in [4.69, 9.17) is 0 Å². The first kappa shape index (κ1) is 12.7. The molecule has 96 valence electrons. The summed E-state index contributed by atoms with van der Waals surface area (Å²) in [4.78, 5) is 4.07. The molecule has 0 aliphatic rings. The molecule has 0 aliphatic carbocycles. The van der Waals surface area contributed by atoms with E-state index in [1.807, 2.05) is 13.8 Å². The van der Waals surface area contributed by atoms with Crippen LogP contribution in [0.4, 0.5) is 4.39 Å². The molecule has 5 heteroatoms. The first-order valence-corrected chi connectivity index (χ1v) is 5.92. The van der Waals surface area contributed by atoms with Crippen molar-refractivity contribution in [3.63, 3.8) is 0 Å². The van der Waals surface area contributed by atoms with Crippen LogP contribution in [0.15, 0.2) is 24.5 Å². The molecule has 4 nitrogen and oxygen atoms in total. The Morgan fingerprint density at radius 1 is 1.44 bits per heavy atom. The predicted molar refractivity (Wildman–Crippen MR) is 65.5 cm³/mol. The quantitative estimate of drug-likeness (QED) is 0.902. The maximum atomic E-state index is 13.6. The molecule has 0 fully saturated rings. The molecule has 0 spiro atoms. The van der Waals surface area contributed by atoms with Gasteiger partial charge in [-0.25, -0.2) is 9.37 Å². The standard InChI is InChI=1S/C13H16FN3O/c1-3-17-13(15-8-16-17)7-12(18)10-6-9(2)4-5-11(10)14/h4-6,8,12,18H,3,7H2,1-2H3. The highest BCUT2D eigenvalue weighted by Crippen LogP contribution is 2.21. The van der Waals surface area contributed by atoms with Crippen LogP contribution in [0.2, 0.25) is 0 Å². The van der Waals surface area contributed by atoms with Crippen molar-refractivity contribution in [1.29, 1.82) is 0 Å². The number of hydrogen-bond acceptors (Lipinski definition) is 3. The van der Waals surface area contributed by atoms with Gasteiger partial charge >= 0.3 is 0 Å². The Bertz CT molecular complexity index is 539. The van der Waals surface area contributed by atoms with Crippen molar-refractivity contribution >= 4 is 0 Å². The zero-order chi connectivity index (χ0) is 13.1. The minimum absolute atomic E-state index is 0.258. The van der Waals surface area contributed by atoms with Crippen LogP contribution in [0, 0.1) is 12.7 Å². The molecule has 18 heavy (non-hydrogen) atoms. The number of aliphatic hydroxyl groups is 1. The fraction of sp³-hybridized carbons (Fsp3) is 0.385. The summed E-state index contributed by atoms with van der Waals surface area (Å²) in [5.41, 5.74) is 1.23. The van der Waals surface area contributed by atoms with Crippen LogP contribution in [-0.4, -0.2) is 19.9 Å². The minimum atomic E-state index is -0.903. The van der Waals surface area contributed by atoms with E-state index in [1.54, 1.807) is 16.8 Å². The molecule has 1 N–H and O–H groups in total. The molecular weight excluding hydrogens is 233 g/mol. The number of aromatic nitrogens is 3. The van der Waals surface area contributed by atoms with Crippen LogP contribution >= 0.6 is 0 Å². The number of aliphatic hydroxyl groups excluding tert-OH is 1. The molecule has 0 saturated carbocycles. The second-order valence-electron chi connectivity index (χ2n) is 4.24. The lowest BCUT2D eigenvalue weighted by Crippen LogP contribution is -2.10. The Balaban J connectivity index is 2.21. The van der Waals surface area contributed by atoms with Crippen LogP contribution in [-0.2, 0) is 13.0 Å². The number of benzene rings is 1. The van der Waals surface area contributed by atoms with Gasteiger partial charge in [0.05, 0.1) is 6.10 Å². The van der Waals surface area contributed by atoms with Gasteiger partial charge in [-0.15, -0.1) is 0 Å². The Labute approximate surface area is 105 Å². The summed E-state index contributed by atoms with van der Waals surface area (Å²) >= 11 is 0. The smallest absolute Gasteiger partial charge is 0.138 e. The van der Waals surface area contributed by atoms with Gasteiger partial charge in [-0.05, 0) is 19.9 Å². The zero-order valence-corrected chi connectivity index (χ0v) is 10.5. The normalized spacial score (nSPS) is 12.7. The van der Waals surface area contributed by atoms with Crippen molar-refractivity contribution in [2.45, 2.75) is 32.9 Å². The Morgan fingerprint density at radius 3 is 2.94 bits per heavy atom. The third-order valence-corrected chi connectivity index (χ3v) is 2.88. The van der Waals surface area contributed by atoms with E-state index in [9.17, 15) is 9.50 Å². The predicted octanol–water partition coefficient (Wildman–Crippen LogP) is 2.02. The number of nitrogens with zero attached hydrogens (tertiary/aromatic N) is 3. The molecule has 1 heterocycles. The maximum Gasteiger partial charge on any atom is 0.138 e. The molecule has 0 bridgehead atoms. The molecule has 0 radical (unpaired) electrons. The number of halogens is 1. The van der Waals surface area contributed by atoms with Crippen molar-refractivity contribution < 1.29 is 9.50 Å². The summed E-state index contributed by atoms with van der Waals surface area (Å²) < 4.78 is 15.3. The minimum Gasteiger partial charge on any atom is -0.388 e. The third kappa shape index (κ3) is 2.56. The molecule has 2 aromatic rings. The summed E-state index contributed by atoms with van der Waals surface area (Å²) in [7, 11) is 0. The highest BCUT2D eigenvalue weighted by Gasteiger charge is 2.16. The van der Waals surface area contributed by atoms with Crippen molar-refractivity contribution in [2.24, 2.45) is 0 Å². The van der Waals surface area contributed by atoms with Crippen LogP contribution in [0.25, 0.3) is 0 Å². The number of aryl methyl sites for hydroxylation is 2. The van der Waals surface area contributed by atoms with Crippen LogP contribution in [0.1, 0.15) is 30.0 Å². The topological polar surface area (TPSA) is 50.9 Å². The van der Waals surface area contributed by atoms with Gasteiger partial charge in [-0.2, -0.15) is 5.10 Å². The van der Waals surface area contributed by atoms with Crippen LogP contribution in [0.5, 0.6) is 0 Å². The summed E-state index contributed by atoms with van der Waals surface area (Å²) in [6.07, 6.45) is 0.797. The lowest BCUT2D eigenvalue weighted by molar-refractivity contribution is 0.169. The molecule has 2 rings (SSSR count). The molecule has 0 aliphatic heterocycles. The third-order valence-electron chi connectivity index (χ3n) is 2.88. The van der Waals surface area contributed by atoms with Gasteiger partial charge < -0.3 is 5.11 Å². The van der Waals surface area contributed by atoms with Crippen molar-refractivity contribution in [2.75, 3.05) is 0 Å². The van der Waals surface area contributed by atoms with Crippen LogP contribution in [0.3, 0.4) is 0 Å². The van der Waals surface area contributed by atoms with Gasteiger partial charge in [0, 0.05) is 18.5 Å². The molecule has 1 atom stereocenters. The molecule has 0 amide bonds. The average molecular weight is 249 g/mol. The summed E-state index contributed by atoms with van der Waals surface area (Å²) in [6, 6.07) is 4.71. The lowest BCUT2D eigenvalue weighted by atomic mass is 10.0. The van der Waals surface area contributed by atoms with Gasteiger partial charge in [0.1, 0.15) is 18.0 Å². The van der Waals surface area contributed by atoms with E-state index < -0.39 is 11.9 Å². The largest absolute Gasteiger partial charge is 0.388 e. The van der Waals surface area contributed by atoms with E-state index in [0.717, 1.165) is 5.56 Å². The molecule has 1 unspecified atom stereocenters. The van der Waals surface area contributed by atoms with Gasteiger partial charge in [-0.1, -0.05) is 17.7 Å². The van der Waals surface area contributed by atoms with Crippen LogP contribution < -0.4 is 0 Å². The highest BCUT2D eigenvalue weighted by molar-refractivity contribution is 5.26. The van der Waals surface area contributed by atoms with Crippen molar-refractivity contribution in [3.8, 4) is 0 Å². The fourth-order valence-electron chi connectivity index (χ4n) is 1.91. The second-order valence-corrected chi connectivity index (χ2v) is 4.24. The monoisotopic (exact) mass is 249 g/mol. The first-order chi connectivity index (χ1) is 8.61. The van der Waals surface area contributed by atoms with E-state index in [2.05, 4.69) is 10.1 Å². The maximum absolute atomic E-state index is 13.6. The Kier molecular flexibility index (Phi) is 3.72. The first-order valence-electron chi connectivity index (χ1n) is 5.92. The number of hydrogen-bond donors (Lipinski definition) is 1. The molecular formula is C13H16FN3O. The van der Waals surface area contributed by atoms with E-state index in [1.165, 1.54) is 12.4 Å². The summed E-state index contributed by atoms with van der Waals surface area (Å²) in [5.74, 6) is 0.265. The second kappa shape index (κ2) is 5.27. The lowest BCUT2D eigenvalue weighted by Gasteiger charge is -2.12. The average Bonchev–Trinajstić information content (AvgIpc) is 2.79. The Hall–Kier alpha value is -1.75. The van der Waals surface area contributed by atoms with Gasteiger partial charge in [0.15, 0.2) is 0 Å². The van der Waals surface area contributed by atoms with Gasteiger partial charge in [0.25, 0.3) is 0 Å². The van der Waals surface area contributed by atoms with E-state index in [-0.39, 0.29) is 6.42 Å². The highest BCUT2D eigenvalue weighted by atomic mass is 19.1. The van der Waals surface area contributed by atoms with Crippen molar-refractivity contribution in [3.05, 3.63) is 47.3 Å². The zero-order valence-electron chi connectivity index (χ0n) is 10.5. The van der Waals surface area contributed by atoms with E-state index >= 15 is 0 Å². The SMILES string of the molecule is CCn1ncnc1CC(O)c1cc(C)ccc1F. The number of rotatable bonds is 4. The fourth-order valence-corrected chi connectivity index (χ4v) is 1.91. The Morgan fingerprint density at radius 2 is 2.22 bits per heavy atom. The van der Waals surface area contributed by atoms with Crippen molar-refractivity contribution in [1.82, 2.24) is 14.8 Å². The molecule has 0 saturated heterocycles.